The number of benzene rings is 2. The molecule has 2 N–H and O–H groups in total. The van der Waals surface area contributed by atoms with Gasteiger partial charge >= 0.3 is 5.97 Å². The van der Waals surface area contributed by atoms with Crippen LogP contribution in [0.1, 0.15) is 52.7 Å². The van der Waals surface area contributed by atoms with Gasteiger partial charge in [0.05, 0.1) is 24.4 Å². The monoisotopic (exact) mass is 349 g/mol. The van der Waals surface area contributed by atoms with Gasteiger partial charge in [-0.3, -0.25) is 0 Å². The maximum Gasteiger partial charge on any atom is 0.337 e. The number of ether oxygens (including phenoxy) is 1. The molecule has 2 aromatic rings. The second-order valence-corrected chi connectivity index (χ2v) is 7.88. The Bertz CT molecular complexity index is 877. The van der Waals surface area contributed by atoms with Crippen LogP contribution >= 0.6 is 0 Å². The van der Waals surface area contributed by atoms with Gasteiger partial charge in [-0.05, 0) is 60.6 Å². The third kappa shape index (κ3) is 2.11. The minimum absolute atomic E-state index is 0.0967. The van der Waals surface area contributed by atoms with E-state index in [1.54, 1.807) is 13.2 Å². The van der Waals surface area contributed by atoms with Crippen molar-refractivity contribution in [2.75, 3.05) is 12.4 Å². The average Bonchev–Trinajstić information content (AvgIpc) is 3.29. The van der Waals surface area contributed by atoms with Crippen LogP contribution in [0.2, 0.25) is 0 Å². The Labute approximate surface area is 153 Å². The zero-order chi connectivity index (χ0) is 17.8. The maximum absolute atomic E-state index is 11.8. The molecule has 26 heavy (non-hydrogen) atoms. The Balaban J connectivity index is 1.69. The molecule has 1 heterocycles. The molecule has 4 heteroatoms. The van der Waals surface area contributed by atoms with Crippen LogP contribution in [0.3, 0.4) is 0 Å². The van der Waals surface area contributed by atoms with Crippen molar-refractivity contribution in [1.82, 2.24) is 0 Å². The van der Waals surface area contributed by atoms with Crippen LogP contribution < -0.4 is 10.1 Å². The van der Waals surface area contributed by atoms with Crippen molar-refractivity contribution < 1.29 is 14.6 Å². The number of hydrogen-bond acceptors (Lipinski definition) is 3. The number of hydrogen-bond donors (Lipinski definition) is 2. The second-order valence-electron chi connectivity index (χ2n) is 7.88. The van der Waals surface area contributed by atoms with Crippen molar-refractivity contribution in [1.29, 1.82) is 0 Å². The first-order valence-corrected chi connectivity index (χ1v) is 9.44. The molecule has 5 atom stereocenters. The van der Waals surface area contributed by atoms with Crippen molar-refractivity contribution in [2.45, 2.75) is 31.2 Å². The van der Waals surface area contributed by atoms with Gasteiger partial charge in [0.1, 0.15) is 5.75 Å². The van der Waals surface area contributed by atoms with Gasteiger partial charge in [0.2, 0.25) is 0 Å². The van der Waals surface area contributed by atoms with E-state index in [1.165, 1.54) is 24.8 Å². The molecule has 0 saturated heterocycles. The summed E-state index contributed by atoms with van der Waals surface area (Å²) in [6.07, 6.45) is 3.81. The molecule has 3 aliphatic rings. The summed E-state index contributed by atoms with van der Waals surface area (Å²) < 4.78 is 5.64. The van der Waals surface area contributed by atoms with Gasteiger partial charge in [0, 0.05) is 5.56 Å². The Morgan fingerprint density at radius 3 is 2.65 bits per heavy atom. The summed E-state index contributed by atoms with van der Waals surface area (Å²) >= 11 is 0. The fourth-order valence-electron chi connectivity index (χ4n) is 5.92. The van der Waals surface area contributed by atoms with Crippen molar-refractivity contribution in [3.8, 4) is 5.75 Å². The van der Waals surface area contributed by atoms with E-state index in [-0.39, 0.29) is 6.04 Å². The molecule has 2 aliphatic carbocycles. The maximum atomic E-state index is 11.8. The van der Waals surface area contributed by atoms with Crippen molar-refractivity contribution in [3.63, 3.8) is 0 Å². The van der Waals surface area contributed by atoms with Crippen LogP contribution in [-0.2, 0) is 0 Å². The first-order valence-electron chi connectivity index (χ1n) is 9.44. The van der Waals surface area contributed by atoms with E-state index in [0.717, 1.165) is 17.0 Å². The lowest BCUT2D eigenvalue weighted by molar-refractivity contribution is 0.0697. The lowest BCUT2D eigenvalue weighted by atomic mass is 9.67. The molecule has 0 spiro atoms. The zero-order valence-corrected chi connectivity index (χ0v) is 14.8. The molecule has 2 saturated carbocycles. The van der Waals surface area contributed by atoms with Gasteiger partial charge in [-0.15, -0.1) is 0 Å². The van der Waals surface area contributed by atoms with E-state index < -0.39 is 5.97 Å². The van der Waals surface area contributed by atoms with Gasteiger partial charge in [0.25, 0.3) is 0 Å². The van der Waals surface area contributed by atoms with Crippen LogP contribution in [0, 0.1) is 17.8 Å². The number of fused-ring (bicyclic) bond motifs is 7. The van der Waals surface area contributed by atoms with Crippen LogP contribution in [0.15, 0.2) is 42.5 Å². The predicted octanol–water partition coefficient (Wildman–Crippen LogP) is 4.69. The van der Waals surface area contributed by atoms with Gasteiger partial charge in [0.15, 0.2) is 0 Å². The lowest BCUT2D eigenvalue weighted by Gasteiger charge is -2.44. The number of rotatable bonds is 3. The number of aromatic carboxylic acids is 1. The summed E-state index contributed by atoms with van der Waals surface area (Å²) in [6, 6.07) is 14.0. The molecule has 4 nitrogen and oxygen atoms in total. The summed E-state index contributed by atoms with van der Waals surface area (Å²) in [5.74, 6) is 2.33. The topological polar surface area (TPSA) is 58.6 Å². The van der Waals surface area contributed by atoms with Crippen molar-refractivity contribution >= 4 is 11.7 Å². The summed E-state index contributed by atoms with van der Waals surface area (Å²) in [6.45, 7) is 0. The van der Waals surface area contributed by atoms with Crippen LogP contribution in [0.25, 0.3) is 0 Å². The number of anilines is 1. The van der Waals surface area contributed by atoms with E-state index in [9.17, 15) is 9.90 Å². The third-order valence-corrected chi connectivity index (χ3v) is 6.83. The summed E-state index contributed by atoms with van der Waals surface area (Å²) in [7, 11) is 1.70. The molecule has 0 amide bonds. The summed E-state index contributed by atoms with van der Waals surface area (Å²) in [5, 5.41) is 13.3. The average molecular weight is 349 g/mol. The molecule has 2 bridgehead atoms. The van der Waals surface area contributed by atoms with Gasteiger partial charge in [-0.25, -0.2) is 4.79 Å². The molecule has 2 aromatic carbocycles. The molecule has 0 unspecified atom stereocenters. The fourth-order valence-corrected chi connectivity index (χ4v) is 5.92. The van der Waals surface area contributed by atoms with Crippen LogP contribution in [0.5, 0.6) is 5.75 Å². The Hall–Kier alpha value is -2.49. The minimum atomic E-state index is -0.866. The van der Waals surface area contributed by atoms with Gasteiger partial charge in [-0.1, -0.05) is 30.3 Å². The van der Waals surface area contributed by atoms with E-state index in [1.807, 2.05) is 24.3 Å². The van der Waals surface area contributed by atoms with E-state index in [2.05, 4.69) is 17.4 Å². The fraction of sp³-hybridized carbons (Fsp3) is 0.409. The number of carboxylic acids is 1. The zero-order valence-electron chi connectivity index (χ0n) is 14.8. The van der Waals surface area contributed by atoms with Gasteiger partial charge < -0.3 is 15.2 Å². The Morgan fingerprint density at radius 1 is 1.08 bits per heavy atom. The van der Waals surface area contributed by atoms with Gasteiger partial charge in [-0.2, -0.15) is 0 Å². The molecule has 5 rings (SSSR count). The molecular formula is C22H23NO3. The van der Waals surface area contributed by atoms with Crippen LogP contribution in [-0.4, -0.2) is 18.2 Å². The molecular weight excluding hydrogens is 326 g/mol. The minimum Gasteiger partial charge on any atom is -0.496 e. The molecule has 2 fully saturated rings. The number of carbonyl (C=O) groups is 1. The highest BCUT2D eigenvalue weighted by Gasteiger charge is 2.54. The Morgan fingerprint density at radius 2 is 1.85 bits per heavy atom. The smallest absolute Gasteiger partial charge is 0.337 e. The highest BCUT2D eigenvalue weighted by molar-refractivity contribution is 5.95. The highest BCUT2D eigenvalue weighted by atomic mass is 16.5. The predicted molar refractivity (Wildman–Crippen MR) is 99.8 cm³/mol. The first-order chi connectivity index (χ1) is 12.7. The first kappa shape index (κ1) is 15.7. The lowest BCUT2D eigenvalue weighted by Crippen LogP contribution is -2.36. The quantitative estimate of drug-likeness (QED) is 0.844. The van der Waals surface area contributed by atoms with E-state index >= 15 is 0 Å². The second kappa shape index (κ2) is 5.76. The number of methoxy groups -OCH3 is 1. The molecule has 1 aliphatic heterocycles. The highest BCUT2D eigenvalue weighted by Crippen LogP contribution is 2.64. The Kier molecular flexibility index (Phi) is 3.49. The normalized spacial score (nSPS) is 31.0. The largest absolute Gasteiger partial charge is 0.496 e. The number of nitrogens with one attached hydrogen (secondary N) is 1. The van der Waals surface area contributed by atoms with E-state index in [0.29, 0.717) is 29.2 Å². The van der Waals surface area contributed by atoms with Crippen molar-refractivity contribution in [2.24, 2.45) is 17.8 Å². The number of para-hydroxylation sites is 2. The van der Waals surface area contributed by atoms with E-state index in [4.69, 9.17) is 4.74 Å². The molecule has 0 radical (unpaired) electrons. The van der Waals surface area contributed by atoms with Crippen LogP contribution in [0.4, 0.5) is 5.69 Å². The van der Waals surface area contributed by atoms with Crippen molar-refractivity contribution in [3.05, 3.63) is 59.2 Å². The molecule has 134 valence electrons. The SMILES string of the molecule is COc1ccccc1[C@H]1Nc2c(C(=O)O)cccc2[C@H]2[C@H]3CC[C@H](C3)[C@@H]21. The number of carboxylic acid groups (broad SMARTS) is 1. The summed E-state index contributed by atoms with van der Waals surface area (Å²) in [4.78, 5) is 11.8. The third-order valence-electron chi connectivity index (χ3n) is 6.83. The standard InChI is InChI=1S/C22H23NO3/c1-26-17-8-3-2-5-14(17)21-19-13-10-9-12(11-13)18(19)15-6-4-7-16(22(24)25)20(15)23-21/h2-8,12-13,18-19,21,23H,9-11H2,1H3,(H,24,25)/t12-,13+,18+,19-,21+/m0/s1. The molecule has 0 aromatic heterocycles. The summed E-state index contributed by atoms with van der Waals surface area (Å²) in [5.41, 5.74) is 3.53.